The second-order valence-corrected chi connectivity index (χ2v) is 7.73. The molecule has 2 nitrogen and oxygen atoms in total. The van der Waals surface area contributed by atoms with Gasteiger partial charge in [0.15, 0.2) is 6.20 Å². The molecule has 0 N–H and O–H groups in total. The largest absolute Gasteiger partial charge is 0.239 e. The van der Waals surface area contributed by atoms with Gasteiger partial charge in [0.2, 0.25) is 5.52 Å². The maximum atomic E-state index is 5.21. The number of hydrogen-bond acceptors (Lipinski definition) is 1. The Bertz CT molecular complexity index is 1380. The number of aromatic nitrogens is 2. The zero-order valence-electron chi connectivity index (χ0n) is 16.7. The molecule has 0 atom stereocenters. The van der Waals surface area contributed by atoms with E-state index in [1.165, 1.54) is 43.8 Å². The Morgan fingerprint density at radius 1 is 0.714 bits per heavy atom. The summed E-state index contributed by atoms with van der Waals surface area (Å²) in [6.07, 6.45) is 2.15. The molecule has 0 aliphatic rings. The highest BCUT2D eigenvalue weighted by Crippen LogP contribution is 2.37. The van der Waals surface area contributed by atoms with Gasteiger partial charge in [-0.2, -0.15) is 4.57 Å². The van der Waals surface area contributed by atoms with Crippen molar-refractivity contribution in [3.8, 4) is 11.3 Å². The highest BCUT2D eigenvalue weighted by molar-refractivity contribution is 6.24. The van der Waals surface area contributed by atoms with Gasteiger partial charge >= 0.3 is 0 Å². The van der Waals surface area contributed by atoms with Crippen LogP contribution in [0.5, 0.6) is 0 Å². The minimum atomic E-state index is 1.01. The van der Waals surface area contributed by atoms with Crippen LogP contribution in [0.3, 0.4) is 0 Å². The molecular formula is C26H23N2+. The Morgan fingerprint density at radius 2 is 1.46 bits per heavy atom. The molecule has 0 aliphatic carbocycles. The minimum Gasteiger partial charge on any atom is -0.234 e. The maximum Gasteiger partial charge on any atom is 0.239 e. The maximum absolute atomic E-state index is 5.21. The first kappa shape index (κ1) is 16.9. The van der Waals surface area contributed by atoms with Gasteiger partial charge < -0.3 is 0 Å². The van der Waals surface area contributed by atoms with Gasteiger partial charge in [0.05, 0.1) is 5.39 Å². The Morgan fingerprint density at radius 3 is 2.25 bits per heavy atom. The average molecular weight is 363 g/mol. The van der Waals surface area contributed by atoms with Gasteiger partial charge in [-0.1, -0.05) is 60.7 Å². The van der Waals surface area contributed by atoms with Gasteiger partial charge in [0.25, 0.3) is 0 Å². The van der Waals surface area contributed by atoms with E-state index in [1.54, 1.807) is 0 Å². The summed E-state index contributed by atoms with van der Waals surface area (Å²) in [4.78, 5) is 5.21. The highest BCUT2D eigenvalue weighted by atomic mass is 15.0. The summed E-state index contributed by atoms with van der Waals surface area (Å²) >= 11 is 0. The van der Waals surface area contributed by atoms with Crippen LogP contribution in [0.15, 0.2) is 66.9 Å². The molecule has 0 radical (unpaired) electrons. The molecule has 136 valence electrons. The van der Waals surface area contributed by atoms with Crippen molar-refractivity contribution < 1.29 is 4.57 Å². The molecule has 0 bridgehead atoms. The van der Waals surface area contributed by atoms with Crippen LogP contribution in [0, 0.1) is 20.8 Å². The SMILES string of the molecule is Cc1ccc2c3cccc(C)c3c3c(nc(-c4ccccc4)c[n+]3C)c2c1C. The monoisotopic (exact) mass is 363 g/mol. The summed E-state index contributed by atoms with van der Waals surface area (Å²) in [5.74, 6) is 0. The smallest absolute Gasteiger partial charge is 0.234 e. The molecule has 0 spiro atoms. The third kappa shape index (κ3) is 2.34. The Balaban J connectivity index is 2.08. The molecule has 4 aromatic carbocycles. The van der Waals surface area contributed by atoms with Crippen LogP contribution in [0.1, 0.15) is 16.7 Å². The summed E-state index contributed by atoms with van der Waals surface area (Å²) in [7, 11) is 2.14. The molecule has 0 fully saturated rings. The Labute approximate surface area is 165 Å². The lowest BCUT2D eigenvalue weighted by atomic mass is 9.92. The fourth-order valence-corrected chi connectivity index (χ4v) is 4.39. The fourth-order valence-electron chi connectivity index (χ4n) is 4.39. The molecule has 0 saturated heterocycles. The molecule has 5 aromatic rings. The summed E-state index contributed by atoms with van der Waals surface area (Å²) in [5.41, 5.74) is 8.33. The van der Waals surface area contributed by atoms with Crippen molar-refractivity contribution in [1.29, 1.82) is 0 Å². The third-order valence-corrected chi connectivity index (χ3v) is 5.97. The summed E-state index contributed by atoms with van der Waals surface area (Å²) < 4.78 is 2.25. The van der Waals surface area contributed by atoms with Crippen molar-refractivity contribution >= 4 is 32.6 Å². The predicted molar refractivity (Wildman–Crippen MR) is 118 cm³/mol. The zero-order chi connectivity index (χ0) is 19.4. The molecule has 0 amide bonds. The van der Waals surface area contributed by atoms with Gasteiger partial charge in [0, 0.05) is 10.9 Å². The van der Waals surface area contributed by atoms with E-state index >= 15 is 0 Å². The number of fused-ring (bicyclic) bond motifs is 6. The number of benzene rings is 4. The van der Waals surface area contributed by atoms with E-state index in [-0.39, 0.29) is 0 Å². The number of nitrogens with zero attached hydrogens (tertiary/aromatic N) is 2. The lowest BCUT2D eigenvalue weighted by molar-refractivity contribution is -0.643. The van der Waals surface area contributed by atoms with E-state index in [1.807, 2.05) is 6.07 Å². The first-order valence-electron chi connectivity index (χ1n) is 9.73. The van der Waals surface area contributed by atoms with E-state index in [0.29, 0.717) is 0 Å². The topological polar surface area (TPSA) is 16.8 Å². The van der Waals surface area contributed by atoms with Crippen molar-refractivity contribution in [3.05, 3.63) is 83.6 Å². The van der Waals surface area contributed by atoms with Crippen LogP contribution in [0.2, 0.25) is 0 Å². The first-order chi connectivity index (χ1) is 13.6. The lowest BCUT2D eigenvalue weighted by Crippen LogP contribution is -2.30. The van der Waals surface area contributed by atoms with Crippen LogP contribution in [0.4, 0.5) is 0 Å². The van der Waals surface area contributed by atoms with E-state index in [4.69, 9.17) is 4.98 Å². The summed E-state index contributed by atoms with van der Waals surface area (Å²) in [5, 5.41) is 5.15. The van der Waals surface area contributed by atoms with Gasteiger partial charge in [0.1, 0.15) is 18.3 Å². The molecule has 0 aliphatic heterocycles. The van der Waals surface area contributed by atoms with Gasteiger partial charge in [-0.15, -0.1) is 0 Å². The molecule has 5 rings (SSSR count). The quantitative estimate of drug-likeness (QED) is 0.265. The van der Waals surface area contributed by atoms with Crippen LogP contribution in [0.25, 0.3) is 43.8 Å². The predicted octanol–water partition coefficient (Wildman–Crippen LogP) is 5.96. The molecule has 1 aromatic heterocycles. The van der Waals surface area contributed by atoms with Crippen LogP contribution >= 0.6 is 0 Å². The van der Waals surface area contributed by atoms with Crippen molar-refractivity contribution in [2.24, 2.45) is 7.05 Å². The van der Waals surface area contributed by atoms with Crippen LogP contribution < -0.4 is 4.57 Å². The van der Waals surface area contributed by atoms with Gasteiger partial charge in [-0.25, -0.2) is 4.98 Å². The first-order valence-corrected chi connectivity index (χ1v) is 9.73. The fraction of sp³-hybridized carbons (Fsp3) is 0.154. The molecular weight excluding hydrogens is 340 g/mol. The van der Waals surface area contributed by atoms with Crippen molar-refractivity contribution in [2.45, 2.75) is 20.8 Å². The average Bonchev–Trinajstić information content (AvgIpc) is 2.71. The Kier molecular flexibility index (Phi) is 3.70. The van der Waals surface area contributed by atoms with E-state index in [2.05, 4.69) is 93.2 Å². The summed E-state index contributed by atoms with van der Waals surface area (Å²) in [6.45, 7) is 6.59. The molecule has 28 heavy (non-hydrogen) atoms. The molecule has 0 unspecified atom stereocenters. The molecule has 2 heteroatoms. The van der Waals surface area contributed by atoms with E-state index < -0.39 is 0 Å². The van der Waals surface area contributed by atoms with Crippen LogP contribution in [-0.4, -0.2) is 4.98 Å². The number of rotatable bonds is 1. The highest BCUT2D eigenvalue weighted by Gasteiger charge is 2.21. The summed E-state index contributed by atoms with van der Waals surface area (Å²) in [6, 6.07) is 21.5. The van der Waals surface area contributed by atoms with Crippen molar-refractivity contribution in [3.63, 3.8) is 0 Å². The minimum absolute atomic E-state index is 1.01. The number of hydrogen-bond donors (Lipinski definition) is 0. The second kappa shape index (κ2) is 6.13. The van der Waals surface area contributed by atoms with E-state index in [9.17, 15) is 0 Å². The van der Waals surface area contributed by atoms with Crippen LogP contribution in [-0.2, 0) is 7.05 Å². The van der Waals surface area contributed by atoms with Crippen molar-refractivity contribution in [2.75, 3.05) is 0 Å². The number of aryl methyl sites for hydroxylation is 4. The normalized spacial score (nSPS) is 11.6. The molecule has 0 saturated carbocycles. The second-order valence-electron chi connectivity index (χ2n) is 7.73. The third-order valence-electron chi connectivity index (χ3n) is 5.97. The van der Waals surface area contributed by atoms with Crippen molar-refractivity contribution in [1.82, 2.24) is 4.98 Å². The Hall–Kier alpha value is -3.26. The van der Waals surface area contributed by atoms with E-state index in [0.717, 1.165) is 16.8 Å². The molecule has 1 heterocycles. The zero-order valence-corrected chi connectivity index (χ0v) is 16.7. The standard InChI is InChI=1S/C26H23N2/c1-16-13-14-21-20-12-8-9-17(2)23(20)26-25(24(21)18(16)3)27-22(15-28(26)4)19-10-6-5-7-11-19/h5-15H,1-4H3/q+1. The lowest BCUT2D eigenvalue weighted by Gasteiger charge is -2.14. The van der Waals surface area contributed by atoms with Gasteiger partial charge in [-0.05, 0) is 48.2 Å². The van der Waals surface area contributed by atoms with Gasteiger partial charge in [-0.3, -0.25) is 0 Å².